The summed E-state index contributed by atoms with van der Waals surface area (Å²) in [7, 11) is 0. The van der Waals surface area contributed by atoms with E-state index in [0.717, 1.165) is 0 Å². The maximum atomic E-state index is 2.23. The zero-order chi connectivity index (χ0) is 4.50. The van der Waals surface area contributed by atoms with Gasteiger partial charge in [-0.15, -0.1) is 0 Å². The molecule has 0 aromatic heterocycles. The SMILES string of the molecule is C[C](C)(C)[Sn]. The Morgan fingerprint density at radius 3 is 1.20 bits per heavy atom. The molecule has 0 aromatic rings. The number of hydrogen-bond acceptors (Lipinski definition) is 0. The summed E-state index contributed by atoms with van der Waals surface area (Å²) in [5.74, 6) is 0. The van der Waals surface area contributed by atoms with E-state index in [1.54, 1.807) is 22.5 Å². The Morgan fingerprint density at radius 2 is 1.20 bits per heavy atom. The predicted molar refractivity (Wildman–Crippen MR) is 25.5 cm³/mol. The standard InChI is InChI=1S/C4H9.Sn/c1-4(2)3;/h1-3H3;. The third-order valence-corrected chi connectivity index (χ3v) is 0. The molecule has 1 heteroatoms. The van der Waals surface area contributed by atoms with Crippen LogP contribution in [0.1, 0.15) is 20.8 Å². The van der Waals surface area contributed by atoms with Gasteiger partial charge in [0.15, 0.2) is 0 Å². The fourth-order valence-electron chi connectivity index (χ4n) is 0. The normalized spacial score (nSPS) is 12.0. The van der Waals surface area contributed by atoms with Crippen molar-refractivity contribution < 1.29 is 0 Å². The van der Waals surface area contributed by atoms with Crippen LogP contribution in [0.2, 0.25) is 3.43 Å². The summed E-state index contributed by atoms with van der Waals surface area (Å²) in [6.07, 6.45) is 0. The fourth-order valence-corrected chi connectivity index (χ4v) is 0. The molecule has 0 heterocycles. The van der Waals surface area contributed by atoms with Gasteiger partial charge in [0, 0.05) is 0 Å². The van der Waals surface area contributed by atoms with E-state index in [4.69, 9.17) is 0 Å². The first-order valence-corrected chi connectivity index (χ1v) is 3.18. The molecule has 0 aliphatic heterocycles. The summed E-state index contributed by atoms with van der Waals surface area (Å²) in [6.45, 7) is 6.68. The maximum absolute atomic E-state index is 2.23. The van der Waals surface area contributed by atoms with Crippen molar-refractivity contribution in [2.75, 3.05) is 0 Å². The van der Waals surface area contributed by atoms with Gasteiger partial charge >= 0.3 is 46.7 Å². The van der Waals surface area contributed by atoms with Gasteiger partial charge in [0.25, 0.3) is 0 Å². The molecule has 3 radical (unpaired) electrons. The van der Waals surface area contributed by atoms with Crippen LogP contribution in [-0.2, 0) is 0 Å². The Kier molecular flexibility index (Phi) is 1.74. The zero-order valence-electron chi connectivity index (χ0n) is 4.00. The van der Waals surface area contributed by atoms with Gasteiger partial charge in [-0.1, -0.05) is 0 Å². The van der Waals surface area contributed by atoms with E-state index < -0.39 is 0 Å². The van der Waals surface area contributed by atoms with Crippen LogP contribution in [0, 0.1) is 0 Å². The van der Waals surface area contributed by atoms with Crippen molar-refractivity contribution >= 4 is 22.5 Å². The second-order valence-electron chi connectivity index (χ2n) is 2.25. The van der Waals surface area contributed by atoms with Crippen molar-refractivity contribution in [1.82, 2.24) is 0 Å². The average Bonchev–Trinajstić information content (AvgIpc) is 0.722. The van der Waals surface area contributed by atoms with Crippen molar-refractivity contribution in [3.8, 4) is 0 Å². The molecule has 29 valence electrons. The molecule has 0 N–H and O–H groups in total. The van der Waals surface area contributed by atoms with E-state index in [1.807, 2.05) is 0 Å². The summed E-state index contributed by atoms with van der Waals surface area (Å²) in [5.41, 5.74) is 0. The van der Waals surface area contributed by atoms with Gasteiger partial charge in [0.2, 0.25) is 0 Å². The summed E-state index contributed by atoms with van der Waals surface area (Å²) in [6, 6.07) is 0. The molecule has 0 amide bonds. The molecule has 0 unspecified atom stereocenters. The average molecular weight is 176 g/mol. The summed E-state index contributed by atoms with van der Waals surface area (Å²) in [5, 5.41) is 0. The Labute approximate surface area is 47.0 Å². The molecule has 0 fully saturated rings. The molecule has 0 saturated heterocycles. The van der Waals surface area contributed by atoms with E-state index in [0.29, 0.717) is 3.43 Å². The van der Waals surface area contributed by atoms with Gasteiger partial charge in [-0.3, -0.25) is 0 Å². The molecule has 5 heavy (non-hydrogen) atoms. The van der Waals surface area contributed by atoms with Crippen LogP contribution < -0.4 is 0 Å². The van der Waals surface area contributed by atoms with Crippen LogP contribution >= 0.6 is 0 Å². The predicted octanol–water partition coefficient (Wildman–Crippen LogP) is 1.37. The van der Waals surface area contributed by atoms with Crippen molar-refractivity contribution in [3.63, 3.8) is 0 Å². The van der Waals surface area contributed by atoms with Crippen LogP contribution in [0.5, 0.6) is 0 Å². The minimum atomic E-state index is 0.590. The van der Waals surface area contributed by atoms with E-state index in [2.05, 4.69) is 20.8 Å². The Balaban J connectivity index is 3.02. The first kappa shape index (κ1) is 5.80. The first-order chi connectivity index (χ1) is 2.00. The third-order valence-electron chi connectivity index (χ3n) is 0. The minimum absolute atomic E-state index is 0.590. The second kappa shape index (κ2) is 1.50. The fraction of sp³-hybridized carbons (Fsp3) is 1.00. The molecule has 0 aliphatic carbocycles. The van der Waals surface area contributed by atoms with E-state index in [9.17, 15) is 0 Å². The van der Waals surface area contributed by atoms with Crippen LogP contribution in [0.15, 0.2) is 0 Å². The van der Waals surface area contributed by atoms with Crippen LogP contribution in [0.4, 0.5) is 0 Å². The van der Waals surface area contributed by atoms with E-state index in [-0.39, 0.29) is 0 Å². The van der Waals surface area contributed by atoms with Crippen molar-refractivity contribution in [3.05, 3.63) is 0 Å². The van der Waals surface area contributed by atoms with Gasteiger partial charge in [-0.2, -0.15) is 0 Å². The summed E-state index contributed by atoms with van der Waals surface area (Å²) in [4.78, 5) is 0. The topological polar surface area (TPSA) is 0 Å². The molecule has 0 bridgehead atoms. The van der Waals surface area contributed by atoms with Gasteiger partial charge in [-0.25, -0.2) is 0 Å². The Morgan fingerprint density at radius 1 is 1.20 bits per heavy atom. The van der Waals surface area contributed by atoms with Gasteiger partial charge in [0.1, 0.15) is 0 Å². The zero-order valence-corrected chi connectivity index (χ0v) is 6.85. The molecule has 0 rings (SSSR count). The molecular weight excluding hydrogens is 167 g/mol. The molecule has 0 atom stereocenters. The molecule has 0 aromatic carbocycles. The Hall–Kier alpha value is 0.799. The monoisotopic (exact) mass is 177 g/mol. The quantitative estimate of drug-likeness (QED) is 0.489. The second-order valence-corrected chi connectivity index (χ2v) is 6.53. The Bertz CT molecular complexity index is 19.1. The van der Waals surface area contributed by atoms with Crippen molar-refractivity contribution in [2.24, 2.45) is 0 Å². The molecule has 0 saturated carbocycles. The van der Waals surface area contributed by atoms with Gasteiger partial charge in [0.05, 0.1) is 0 Å². The van der Waals surface area contributed by atoms with Gasteiger partial charge < -0.3 is 0 Å². The number of rotatable bonds is 0. The summed E-state index contributed by atoms with van der Waals surface area (Å²) >= 11 is 1.62. The first-order valence-electron chi connectivity index (χ1n) is 1.75. The number of hydrogen-bond donors (Lipinski definition) is 0. The third kappa shape index (κ3) is 58.9. The molecule has 0 aliphatic rings. The van der Waals surface area contributed by atoms with E-state index >= 15 is 0 Å². The molecular formula is C4H9Sn. The van der Waals surface area contributed by atoms with Gasteiger partial charge in [-0.05, 0) is 0 Å². The van der Waals surface area contributed by atoms with E-state index in [1.165, 1.54) is 0 Å². The molecule has 0 spiro atoms. The molecule has 0 nitrogen and oxygen atoms in total. The summed E-state index contributed by atoms with van der Waals surface area (Å²) < 4.78 is 0.590. The van der Waals surface area contributed by atoms with Crippen molar-refractivity contribution in [1.29, 1.82) is 0 Å². The van der Waals surface area contributed by atoms with Crippen LogP contribution in [-0.4, -0.2) is 22.5 Å². The van der Waals surface area contributed by atoms with Crippen LogP contribution in [0.3, 0.4) is 0 Å². The van der Waals surface area contributed by atoms with Crippen LogP contribution in [0.25, 0.3) is 0 Å². The van der Waals surface area contributed by atoms with Crippen molar-refractivity contribution in [2.45, 2.75) is 24.2 Å².